The van der Waals surface area contributed by atoms with E-state index in [1.54, 1.807) is 0 Å². The normalized spacial score (nSPS) is 15.7. The van der Waals surface area contributed by atoms with Gasteiger partial charge in [0.05, 0.1) is 11.3 Å². The van der Waals surface area contributed by atoms with Crippen molar-refractivity contribution in [2.45, 2.75) is 6.18 Å². The molecule has 1 heterocycles. The van der Waals surface area contributed by atoms with Gasteiger partial charge in [-0.15, -0.1) is 0 Å². The number of hydrogen-bond acceptors (Lipinski definition) is 1. The number of amides is 1. The molecule has 1 N–H and O–H groups in total. The number of hydrogen-bond donors (Lipinski definition) is 1. The van der Waals surface area contributed by atoms with E-state index >= 15 is 0 Å². The number of carbonyl (C=O) groups excluding carboxylic acids is 1. The van der Waals surface area contributed by atoms with Crippen molar-refractivity contribution >= 4 is 23.2 Å². The molecule has 23 heavy (non-hydrogen) atoms. The summed E-state index contributed by atoms with van der Waals surface area (Å²) in [6, 6.07) is 6.02. The molecule has 0 unspecified atom stereocenters. The van der Waals surface area contributed by atoms with Gasteiger partial charge in [0.25, 0.3) is 5.91 Å². The highest BCUT2D eigenvalue weighted by molar-refractivity contribution is 6.34. The maximum Gasteiger partial charge on any atom is 0.416 e. The van der Waals surface area contributed by atoms with Gasteiger partial charge in [0.15, 0.2) is 11.6 Å². The van der Waals surface area contributed by atoms with E-state index in [0.717, 1.165) is 24.3 Å². The summed E-state index contributed by atoms with van der Waals surface area (Å²) < 4.78 is 64.6. The van der Waals surface area contributed by atoms with Crippen LogP contribution in [0, 0.1) is 11.6 Å². The van der Waals surface area contributed by atoms with Gasteiger partial charge < -0.3 is 5.32 Å². The van der Waals surface area contributed by atoms with Crippen molar-refractivity contribution in [1.82, 2.24) is 0 Å². The molecule has 0 aliphatic carbocycles. The van der Waals surface area contributed by atoms with Crippen LogP contribution in [0.1, 0.15) is 16.7 Å². The average molecular weight is 325 g/mol. The van der Waals surface area contributed by atoms with Crippen molar-refractivity contribution < 1.29 is 26.7 Å². The predicted molar refractivity (Wildman–Crippen MR) is 74.3 cm³/mol. The Morgan fingerprint density at radius 3 is 2.39 bits per heavy atom. The maximum absolute atomic E-state index is 13.3. The number of fused-ring (bicyclic) bond motifs is 1. The molecule has 1 amide bonds. The fraction of sp³-hybridized carbons (Fsp3) is 0.0625. The molecule has 0 saturated heterocycles. The first-order valence-electron chi connectivity index (χ1n) is 6.45. The van der Waals surface area contributed by atoms with Crippen LogP contribution in [-0.2, 0) is 11.0 Å². The van der Waals surface area contributed by atoms with Gasteiger partial charge in [-0.1, -0.05) is 12.1 Å². The van der Waals surface area contributed by atoms with Crippen molar-refractivity contribution in [3.63, 3.8) is 0 Å². The maximum atomic E-state index is 13.3. The zero-order chi connectivity index (χ0) is 16.8. The fourth-order valence-electron chi connectivity index (χ4n) is 2.30. The zero-order valence-corrected chi connectivity index (χ0v) is 11.3. The summed E-state index contributed by atoms with van der Waals surface area (Å²) in [5, 5.41) is 2.34. The summed E-state index contributed by atoms with van der Waals surface area (Å²) in [6.45, 7) is 0. The Balaban J connectivity index is 2.08. The van der Waals surface area contributed by atoms with Crippen LogP contribution < -0.4 is 5.32 Å². The van der Waals surface area contributed by atoms with E-state index in [9.17, 15) is 26.7 Å². The van der Waals surface area contributed by atoms with E-state index in [2.05, 4.69) is 5.32 Å². The Hall–Kier alpha value is -2.70. The molecule has 0 spiro atoms. The molecule has 0 aromatic heterocycles. The smallest absolute Gasteiger partial charge is 0.321 e. The topological polar surface area (TPSA) is 29.1 Å². The Morgan fingerprint density at radius 2 is 1.70 bits per heavy atom. The van der Waals surface area contributed by atoms with E-state index in [0.29, 0.717) is 0 Å². The van der Waals surface area contributed by atoms with Crippen LogP contribution in [0.25, 0.3) is 11.6 Å². The van der Waals surface area contributed by atoms with Gasteiger partial charge in [-0.25, -0.2) is 8.78 Å². The summed E-state index contributed by atoms with van der Waals surface area (Å²) in [5.74, 6) is -2.90. The van der Waals surface area contributed by atoms with Crippen molar-refractivity contribution in [3.8, 4) is 0 Å². The third-order valence-corrected chi connectivity index (χ3v) is 3.37. The molecular formula is C16H8F5NO. The Bertz CT molecular complexity index is 839. The first-order chi connectivity index (χ1) is 10.8. The van der Waals surface area contributed by atoms with Crippen LogP contribution in [0.5, 0.6) is 0 Å². The number of anilines is 1. The molecule has 0 radical (unpaired) electrons. The second-order valence-corrected chi connectivity index (χ2v) is 4.95. The second kappa shape index (κ2) is 5.19. The highest BCUT2D eigenvalue weighted by atomic mass is 19.4. The number of nitrogens with one attached hydrogen (secondary N) is 1. The van der Waals surface area contributed by atoms with Crippen LogP contribution in [-0.4, -0.2) is 5.91 Å². The van der Waals surface area contributed by atoms with Gasteiger partial charge in [0.2, 0.25) is 0 Å². The molecule has 7 heteroatoms. The SMILES string of the molecule is O=C1Nc2cc(F)c(F)cc2/C1=C\c1cccc(C(F)(F)F)c1. The lowest BCUT2D eigenvalue weighted by Gasteiger charge is -2.07. The molecule has 0 saturated carbocycles. The van der Waals surface area contributed by atoms with Gasteiger partial charge >= 0.3 is 6.18 Å². The van der Waals surface area contributed by atoms with Crippen LogP contribution in [0.2, 0.25) is 0 Å². The highest BCUT2D eigenvalue weighted by Gasteiger charge is 2.31. The molecule has 0 bridgehead atoms. The predicted octanol–water partition coefficient (Wildman–Crippen LogP) is 4.48. The minimum Gasteiger partial charge on any atom is -0.321 e. The van der Waals surface area contributed by atoms with Crippen LogP contribution in [0.4, 0.5) is 27.6 Å². The number of benzene rings is 2. The Kier molecular flexibility index (Phi) is 3.43. The highest BCUT2D eigenvalue weighted by Crippen LogP contribution is 2.35. The van der Waals surface area contributed by atoms with E-state index in [1.165, 1.54) is 18.2 Å². The van der Waals surface area contributed by atoms with Crippen LogP contribution in [0.3, 0.4) is 0 Å². The van der Waals surface area contributed by atoms with Crippen LogP contribution >= 0.6 is 0 Å². The van der Waals surface area contributed by atoms with Gasteiger partial charge in [0.1, 0.15) is 0 Å². The summed E-state index contributed by atoms with van der Waals surface area (Å²) in [6.07, 6.45) is -3.31. The van der Waals surface area contributed by atoms with E-state index in [-0.39, 0.29) is 22.4 Å². The van der Waals surface area contributed by atoms with Gasteiger partial charge in [-0.2, -0.15) is 13.2 Å². The fourth-order valence-corrected chi connectivity index (χ4v) is 2.30. The van der Waals surface area contributed by atoms with Gasteiger partial charge in [-0.3, -0.25) is 4.79 Å². The number of rotatable bonds is 1. The molecule has 0 atom stereocenters. The standard InChI is InChI=1S/C16H8F5NO/c17-12-6-10-11(15(23)22-14(10)7-13(12)18)5-8-2-1-3-9(4-8)16(19,20)21/h1-7H,(H,22,23)/b11-5+. The van der Waals surface area contributed by atoms with E-state index in [4.69, 9.17) is 0 Å². The molecule has 2 aromatic carbocycles. The third-order valence-electron chi connectivity index (χ3n) is 3.37. The molecule has 1 aliphatic heterocycles. The quantitative estimate of drug-likeness (QED) is 0.608. The van der Waals surface area contributed by atoms with Crippen molar-refractivity contribution in [2.75, 3.05) is 5.32 Å². The first kappa shape index (κ1) is 15.2. The lowest BCUT2D eigenvalue weighted by atomic mass is 10.0. The first-order valence-corrected chi connectivity index (χ1v) is 6.45. The van der Waals surface area contributed by atoms with Crippen LogP contribution in [0.15, 0.2) is 36.4 Å². The van der Waals surface area contributed by atoms with Gasteiger partial charge in [0, 0.05) is 17.2 Å². The lowest BCUT2D eigenvalue weighted by molar-refractivity contribution is -0.137. The van der Waals surface area contributed by atoms with Gasteiger partial charge in [-0.05, 0) is 29.8 Å². The summed E-state index contributed by atoms with van der Waals surface area (Å²) in [7, 11) is 0. The van der Waals surface area contributed by atoms with Crippen molar-refractivity contribution in [1.29, 1.82) is 0 Å². The summed E-state index contributed by atoms with van der Waals surface area (Å²) in [5.41, 5.74) is -0.588. The van der Waals surface area contributed by atoms with Crippen molar-refractivity contribution in [3.05, 3.63) is 64.7 Å². The number of alkyl halides is 3. The Morgan fingerprint density at radius 1 is 1.00 bits per heavy atom. The molecular weight excluding hydrogens is 317 g/mol. The number of carbonyl (C=O) groups is 1. The van der Waals surface area contributed by atoms with Crippen molar-refractivity contribution in [2.24, 2.45) is 0 Å². The molecule has 0 fully saturated rings. The zero-order valence-electron chi connectivity index (χ0n) is 11.3. The summed E-state index contributed by atoms with van der Waals surface area (Å²) >= 11 is 0. The molecule has 118 valence electrons. The second-order valence-electron chi connectivity index (χ2n) is 4.95. The van der Waals surface area contributed by atoms with E-state index in [1.807, 2.05) is 0 Å². The molecule has 2 nitrogen and oxygen atoms in total. The number of halogens is 5. The monoisotopic (exact) mass is 325 g/mol. The van der Waals surface area contributed by atoms with E-state index < -0.39 is 29.3 Å². The minimum atomic E-state index is -4.51. The molecule has 3 rings (SSSR count). The lowest BCUT2D eigenvalue weighted by Crippen LogP contribution is -2.05. The summed E-state index contributed by atoms with van der Waals surface area (Å²) in [4.78, 5) is 11.9. The Labute approximate surface area is 127 Å². The average Bonchev–Trinajstić information content (AvgIpc) is 2.75. The minimum absolute atomic E-state index is 0.0294. The largest absolute Gasteiger partial charge is 0.416 e. The third kappa shape index (κ3) is 2.81. The molecule has 2 aromatic rings. The molecule has 1 aliphatic rings.